The van der Waals surface area contributed by atoms with Crippen LogP contribution in [0.3, 0.4) is 0 Å². The Morgan fingerprint density at radius 3 is 1.53 bits per heavy atom. The lowest BCUT2D eigenvalue weighted by molar-refractivity contribution is 0.258. The van der Waals surface area contributed by atoms with Gasteiger partial charge in [-0.3, -0.25) is 0 Å². The molecule has 0 aromatic rings. The number of rotatable bonds is 5. The molecule has 0 unspecified atom stereocenters. The topological polar surface area (TPSA) is 27.7 Å². The highest BCUT2D eigenvalue weighted by Gasteiger charge is 2.19. The molecule has 15 heavy (non-hydrogen) atoms. The van der Waals surface area contributed by atoms with Crippen LogP contribution in [0.15, 0.2) is 12.3 Å². The van der Waals surface area contributed by atoms with Crippen LogP contribution in [0.2, 0.25) is 26.2 Å². The Morgan fingerprint density at radius 1 is 1.07 bits per heavy atom. The van der Waals surface area contributed by atoms with Crippen molar-refractivity contribution in [3.8, 4) is 0 Å². The van der Waals surface area contributed by atoms with Crippen molar-refractivity contribution in [3.63, 3.8) is 0 Å². The average molecular weight is 250 g/mol. The zero-order chi connectivity index (χ0) is 12.5. The maximum atomic E-state index is 5.40. The molecule has 5 heteroatoms. The molecule has 0 N–H and O–H groups in total. The van der Waals surface area contributed by atoms with Crippen LogP contribution in [0.4, 0.5) is 0 Å². The van der Waals surface area contributed by atoms with Crippen LogP contribution in [-0.2, 0) is 13.3 Å². The second-order valence-corrected chi connectivity index (χ2v) is 11.6. The van der Waals surface area contributed by atoms with E-state index in [0.29, 0.717) is 0 Å². The molecule has 0 saturated heterocycles. The van der Waals surface area contributed by atoms with Crippen LogP contribution in [-0.4, -0.2) is 37.7 Å². The summed E-state index contributed by atoms with van der Waals surface area (Å²) in [5.74, 6) is 0. The minimum Gasteiger partial charge on any atom is -0.414 e. The Bertz CT molecular complexity index is 164. The van der Waals surface area contributed by atoms with Crippen molar-refractivity contribution in [3.05, 3.63) is 12.3 Å². The van der Waals surface area contributed by atoms with E-state index in [1.165, 1.54) is 0 Å². The smallest absolute Gasteiger partial charge is 0.331 e. The molecular formula is C10H26O3Si2. The molecule has 0 saturated carbocycles. The maximum absolute atomic E-state index is 5.40. The van der Waals surface area contributed by atoms with Crippen molar-refractivity contribution < 1.29 is 13.3 Å². The van der Waals surface area contributed by atoms with Gasteiger partial charge in [-0.25, -0.2) is 0 Å². The van der Waals surface area contributed by atoms with Crippen molar-refractivity contribution in [2.24, 2.45) is 0 Å². The van der Waals surface area contributed by atoms with Gasteiger partial charge in [-0.15, -0.1) is 6.58 Å². The third-order valence-electron chi connectivity index (χ3n) is 1.99. The van der Waals surface area contributed by atoms with Crippen LogP contribution in [0, 0.1) is 0 Å². The lowest BCUT2D eigenvalue weighted by Crippen LogP contribution is -2.31. The Balaban J connectivity index is 0. The second-order valence-electron chi connectivity index (χ2n) is 4.05. The standard InChI is InChI=1S/C6H14OSi.C4H12O2Si/c1-5-7-8(3,4)6-2;1-5-7(3,4)6-2/h6H,2,5H2,1,3-4H3;1-4H3. The van der Waals surface area contributed by atoms with E-state index in [9.17, 15) is 0 Å². The zero-order valence-electron chi connectivity index (χ0n) is 11.2. The minimum atomic E-state index is -1.65. The third-order valence-corrected chi connectivity index (χ3v) is 5.97. The van der Waals surface area contributed by atoms with Crippen molar-refractivity contribution in [1.29, 1.82) is 0 Å². The summed E-state index contributed by atoms with van der Waals surface area (Å²) in [5, 5.41) is 0. The Hall–Kier alpha value is 0.0538. The van der Waals surface area contributed by atoms with Gasteiger partial charge in [-0.05, 0) is 33.1 Å². The predicted octanol–water partition coefficient (Wildman–Crippen LogP) is 2.93. The fraction of sp³-hybridized carbons (Fsp3) is 0.800. The number of hydrogen-bond donors (Lipinski definition) is 0. The third kappa shape index (κ3) is 12.0. The monoisotopic (exact) mass is 250 g/mol. The molecule has 0 aromatic carbocycles. The molecular weight excluding hydrogens is 224 g/mol. The van der Waals surface area contributed by atoms with Gasteiger partial charge in [0.15, 0.2) is 0 Å². The average Bonchev–Trinajstić information content (AvgIpc) is 2.19. The summed E-state index contributed by atoms with van der Waals surface area (Å²) >= 11 is 0. The molecule has 0 aromatic heterocycles. The highest BCUT2D eigenvalue weighted by Crippen LogP contribution is 2.03. The highest BCUT2D eigenvalue weighted by molar-refractivity contribution is 6.76. The molecule has 0 aliphatic rings. The van der Waals surface area contributed by atoms with Crippen LogP contribution in [0.5, 0.6) is 0 Å². The molecule has 0 bridgehead atoms. The number of hydrogen-bond acceptors (Lipinski definition) is 3. The van der Waals surface area contributed by atoms with Gasteiger partial charge in [0.1, 0.15) is 0 Å². The van der Waals surface area contributed by atoms with Crippen molar-refractivity contribution in [1.82, 2.24) is 0 Å². The summed E-state index contributed by atoms with van der Waals surface area (Å²) in [6.07, 6.45) is 0. The van der Waals surface area contributed by atoms with E-state index in [1.807, 2.05) is 25.7 Å². The molecule has 0 heterocycles. The first-order valence-corrected chi connectivity index (χ1v) is 10.9. The fourth-order valence-electron chi connectivity index (χ4n) is 0.514. The predicted molar refractivity (Wildman–Crippen MR) is 70.8 cm³/mol. The molecule has 0 fully saturated rings. The first kappa shape index (κ1) is 17.4. The SMILES string of the molecule is C=C[Si](C)(C)OCC.CO[Si](C)(C)OC. The lowest BCUT2D eigenvalue weighted by atomic mass is 10.9. The van der Waals surface area contributed by atoms with E-state index in [1.54, 1.807) is 14.2 Å². The molecule has 3 nitrogen and oxygen atoms in total. The largest absolute Gasteiger partial charge is 0.414 e. The molecule has 0 radical (unpaired) electrons. The Morgan fingerprint density at radius 2 is 1.47 bits per heavy atom. The van der Waals surface area contributed by atoms with E-state index in [4.69, 9.17) is 13.3 Å². The van der Waals surface area contributed by atoms with Gasteiger partial charge in [0.25, 0.3) is 0 Å². The van der Waals surface area contributed by atoms with E-state index < -0.39 is 16.9 Å². The first-order valence-electron chi connectivity index (χ1n) is 5.12. The summed E-state index contributed by atoms with van der Waals surface area (Å²) in [7, 11) is 0.288. The fourth-order valence-corrected chi connectivity index (χ4v) is 1.54. The molecule has 92 valence electrons. The van der Waals surface area contributed by atoms with Crippen LogP contribution >= 0.6 is 0 Å². The highest BCUT2D eigenvalue weighted by atomic mass is 28.4. The summed E-state index contributed by atoms with van der Waals surface area (Å²) < 4.78 is 15.4. The quantitative estimate of drug-likeness (QED) is 0.702. The van der Waals surface area contributed by atoms with Crippen LogP contribution in [0.1, 0.15) is 6.92 Å². The van der Waals surface area contributed by atoms with E-state index in [0.717, 1.165) is 6.61 Å². The minimum absolute atomic E-state index is 0.811. The summed E-state index contributed by atoms with van der Waals surface area (Å²) in [6.45, 7) is 14.8. The second kappa shape index (κ2) is 8.23. The zero-order valence-corrected chi connectivity index (χ0v) is 13.2. The van der Waals surface area contributed by atoms with Gasteiger partial charge in [0.05, 0.1) is 0 Å². The van der Waals surface area contributed by atoms with Crippen molar-refractivity contribution in [2.45, 2.75) is 33.1 Å². The van der Waals surface area contributed by atoms with Gasteiger partial charge in [0, 0.05) is 20.8 Å². The van der Waals surface area contributed by atoms with E-state index >= 15 is 0 Å². The lowest BCUT2D eigenvalue weighted by Gasteiger charge is -2.15. The Kier molecular flexibility index (Phi) is 9.58. The molecule has 0 aliphatic heterocycles. The van der Waals surface area contributed by atoms with Crippen LogP contribution in [0.25, 0.3) is 0 Å². The first-order chi connectivity index (χ1) is 6.74. The van der Waals surface area contributed by atoms with Gasteiger partial charge in [-0.2, -0.15) is 0 Å². The molecule has 0 rings (SSSR count). The normalized spacial score (nSPS) is 11.7. The van der Waals surface area contributed by atoms with Gasteiger partial charge in [-0.1, -0.05) is 5.70 Å². The van der Waals surface area contributed by atoms with Crippen molar-refractivity contribution >= 4 is 16.9 Å². The summed E-state index contributed by atoms with van der Waals surface area (Å²) in [5.41, 5.74) is 1.94. The van der Waals surface area contributed by atoms with Gasteiger partial charge in [0.2, 0.25) is 8.32 Å². The van der Waals surface area contributed by atoms with Crippen molar-refractivity contribution in [2.75, 3.05) is 20.8 Å². The van der Waals surface area contributed by atoms with Gasteiger partial charge < -0.3 is 13.3 Å². The van der Waals surface area contributed by atoms with E-state index in [-0.39, 0.29) is 0 Å². The molecule has 0 amide bonds. The van der Waals surface area contributed by atoms with E-state index in [2.05, 4.69) is 19.7 Å². The Labute approximate surface area is 96.8 Å². The molecule has 0 atom stereocenters. The summed E-state index contributed by atoms with van der Waals surface area (Å²) in [6, 6.07) is 0. The molecule has 0 aliphatic carbocycles. The van der Waals surface area contributed by atoms with Gasteiger partial charge >= 0.3 is 8.56 Å². The van der Waals surface area contributed by atoms with Crippen LogP contribution < -0.4 is 0 Å². The molecule has 0 spiro atoms. The maximum Gasteiger partial charge on any atom is 0.331 e. The summed E-state index contributed by atoms with van der Waals surface area (Å²) in [4.78, 5) is 0.